The maximum Gasteiger partial charge on any atom is 0.352 e. The van der Waals surface area contributed by atoms with E-state index >= 15 is 0 Å². The molecule has 0 atom stereocenters. The normalized spacial score (nSPS) is 12.2. The van der Waals surface area contributed by atoms with Gasteiger partial charge in [0, 0.05) is 0 Å². The van der Waals surface area contributed by atoms with E-state index in [1.807, 2.05) is 0 Å². The number of hydrogen-bond acceptors (Lipinski definition) is 2. The Morgan fingerprint density at radius 2 is 2.00 bits per heavy atom. The first-order valence-corrected chi connectivity index (χ1v) is 5.11. The highest BCUT2D eigenvalue weighted by Gasteiger charge is 2.31. The van der Waals surface area contributed by atoms with Gasteiger partial charge in [0.15, 0.2) is 5.01 Å². The van der Waals surface area contributed by atoms with Gasteiger partial charge in [-0.1, -0.05) is 12.1 Å². The Kier molecular flexibility index (Phi) is 2.08. The van der Waals surface area contributed by atoms with E-state index in [1.54, 1.807) is 24.3 Å². The first-order chi connectivity index (χ1) is 6.07. The fourth-order valence-electron chi connectivity index (χ4n) is 0.993. The summed E-state index contributed by atoms with van der Waals surface area (Å²) in [6.07, 6.45) is 0. The van der Waals surface area contributed by atoms with Crippen LogP contribution in [0.1, 0.15) is 5.01 Å². The third-order valence-electron chi connectivity index (χ3n) is 1.54. The predicted octanol–water partition coefficient (Wildman–Crippen LogP) is 3.74. The minimum Gasteiger partial charge on any atom is -0.234 e. The minimum atomic E-state index is -3.02. The number of alkyl halides is 3. The van der Waals surface area contributed by atoms with Crippen LogP contribution in [0.4, 0.5) is 8.78 Å². The largest absolute Gasteiger partial charge is 0.352 e. The van der Waals surface area contributed by atoms with Gasteiger partial charge in [0.25, 0.3) is 0 Å². The summed E-state index contributed by atoms with van der Waals surface area (Å²) in [4.78, 5) is 0.788. The molecule has 1 heterocycles. The molecule has 5 heteroatoms. The summed E-state index contributed by atoms with van der Waals surface area (Å²) >= 11 is 3.28. The molecule has 2 rings (SSSR count). The number of nitrogens with zero attached hydrogens (tertiary/aromatic N) is 1. The Bertz CT molecular complexity index is 402. The van der Waals surface area contributed by atoms with Gasteiger partial charge in [-0.3, -0.25) is 0 Å². The van der Waals surface area contributed by atoms with E-state index in [0.29, 0.717) is 5.52 Å². The smallest absolute Gasteiger partial charge is 0.234 e. The van der Waals surface area contributed by atoms with Gasteiger partial charge in [0.2, 0.25) is 0 Å². The molecule has 0 spiro atoms. The second-order valence-electron chi connectivity index (χ2n) is 2.48. The maximum absolute atomic E-state index is 12.8. The standard InChI is InChI=1S/C8H4BrF2NS/c9-8(10,11)7-12-5-3-1-2-4-6(5)13-7/h1-4H. The Hall–Kier alpha value is -0.550. The molecule has 1 aromatic heterocycles. The lowest BCUT2D eigenvalue weighted by atomic mass is 10.3. The zero-order valence-electron chi connectivity index (χ0n) is 6.30. The van der Waals surface area contributed by atoms with Crippen molar-refractivity contribution in [3.05, 3.63) is 29.3 Å². The molecule has 2 aromatic rings. The Balaban J connectivity index is 2.63. The minimum absolute atomic E-state index is 0.200. The highest BCUT2D eigenvalue weighted by atomic mass is 79.9. The summed E-state index contributed by atoms with van der Waals surface area (Å²) in [5.41, 5.74) is 0.613. The van der Waals surface area contributed by atoms with Crippen LogP contribution in [0, 0.1) is 0 Å². The zero-order valence-corrected chi connectivity index (χ0v) is 8.70. The number of hydrogen-bond donors (Lipinski definition) is 0. The molecule has 0 aliphatic rings. The van der Waals surface area contributed by atoms with Crippen LogP contribution in [-0.2, 0) is 4.83 Å². The van der Waals surface area contributed by atoms with Gasteiger partial charge in [-0.2, -0.15) is 8.78 Å². The van der Waals surface area contributed by atoms with E-state index in [-0.39, 0.29) is 5.01 Å². The van der Waals surface area contributed by atoms with Crippen LogP contribution in [0.2, 0.25) is 0 Å². The molecule has 0 fully saturated rings. The number of para-hydroxylation sites is 1. The zero-order chi connectivity index (χ0) is 9.47. The van der Waals surface area contributed by atoms with Crippen LogP contribution in [0.25, 0.3) is 10.2 Å². The highest BCUT2D eigenvalue weighted by Crippen LogP contribution is 2.38. The number of aromatic nitrogens is 1. The molecule has 0 bridgehead atoms. The average molecular weight is 264 g/mol. The third kappa shape index (κ3) is 1.71. The van der Waals surface area contributed by atoms with Gasteiger partial charge in [0.1, 0.15) is 0 Å². The van der Waals surface area contributed by atoms with Gasteiger partial charge >= 0.3 is 4.83 Å². The summed E-state index contributed by atoms with van der Waals surface area (Å²) in [5, 5.41) is -0.200. The maximum atomic E-state index is 12.8. The van der Waals surface area contributed by atoms with Crippen LogP contribution in [0.3, 0.4) is 0 Å². The van der Waals surface area contributed by atoms with Gasteiger partial charge < -0.3 is 0 Å². The molecule has 13 heavy (non-hydrogen) atoms. The number of thiazole rings is 1. The second-order valence-corrected chi connectivity index (χ2v) is 4.51. The quantitative estimate of drug-likeness (QED) is 0.715. The van der Waals surface area contributed by atoms with Crippen molar-refractivity contribution in [2.75, 3.05) is 0 Å². The van der Waals surface area contributed by atoms with Crippen molar-refractivity contribution < 1.29 is 8.78 Å². The molecular weight excluding hydrogens is 260 g/mol. The van der Waals surface area contributed by atoms with E-state index in [0.717, 1.165) is 16.0 Å². The van der Waals surface area contributed by atoms with Gasteiger partial charge in [-0.15, -0.1) is 11.3 Å². The molecule has 0 saturated heterocycles. The monoisotopic (exact) mass is 263 g/mol. The lowest BCUT2D eigenvalue weighted by molar-refractivity contribution is 0.114. The average Bonchev–Trinajstić information content (AvgIpc) is 2.45. The van der Waals surface area contributed by atoms with Crippen molar-refractivity contribution in [1.29, 1.82) is 0 Å². The van der Waals surface area contributed by atoms with Crippen molar-refractivity contribution in [2.24, 2.45) is 0 Å². The Morgan fingerprint density at radius 3 is 2.62 bits per heavy atom. The fraction of sp³-hybridized carbons (Fsp3) is 0.125. The van der Waals surface area contributed by atoms with Crippen molar-refractivity contribution in [3.63, 3.8) is 0 Å². The lowest BCUT2D eigenvalue weighted by Crippen LogP contribution is -2.00. The highest BCUT2D eigenvalue weighted by molar-refractivity contribution is 9.09. The molecule has 0 radical (unpaired) electrons. The van der Waals surface area contributed by atoms with Crippen molar-refractivity contribution in [3.8, 4) is 0 Å². The summed E-state index contributed by atoms with van der Waals surface area (Å²) in [7, 11) is 0. The SMILES string of the molecule is FC(F)(Br)c1nc2ccccc2s1. The van der Waals surface area contributed by atoms with Crippen LogP contribution in [0.15, 0.2) is 24.3 Å². The summed E-state index contributed by atoms with van der Waals surface area (Å²) in [5.74, 6) is 0. The molecule has 0 saturated carbocycles. The third-order valence-corrected chi connectivity index (χ3v) is 3.28. The molecule has 1 aromatic carbocycles. The Morgan fingerprint density at radius 1 is 1.31 bits per heavy atom. The van der Waals surface area contributed by atoms with Crippen LogP contribution in [-0.4, -0.2) is 4.98 Å². The number of fused-ring (bicyclic) bond motifs is 1. The topological polar surface area (TPSA) is 12.9 Å². The van der Waals surface area contributed by atoms with E-state index in [9.17, 15) is 8.78 Å². The first kappa shape index (κ1) is 9.02. The van der Waals surface area contributed by atoms with E-state index < -0.39 is 4.83 Å². The lowest BCUT2D eigenvalue weighted by Gasteiger charge is -2.00. The number of rotatable bonds is 1. The van der Waals surface area contributed by atoms with Crippen LogP contribution < -0.4 is 0 Å². The molecule has 0 unspecified atom stereocenters. The summed E-state index contributed by atoms with van der Waals surface area (Å²) < 4.78 is 26.3. The molecule has 68 valence electrons. The first-order valence-electron chi connectivity index (χ1n) is 3.50. The predicted molar refractivity (Wildman–Crippen MR) is 52.4 cm³/mol. The molecule has 1 nitrogen and oxygen atoms in total. The van der Waals surface area contributed by atoms with Gasteiger partial charge in [-0.05, 0) is 28.1 Å². The fourth-order valence-corrected chi connectivity index (χ4v) is 2.16. The summed E-state index contributed by atoms with van der Waals surface area (Å²) in [6, 6.07) is 7.07. The molecule has 0 N–H and O–H groups in total. The van der Waals surface area contributed by atoms with Crippen LogP contribution >= 0.6 is 27.3 Å². The van der Waals surface area contributed by atoms with Gasteiger partial charge in [0.05, 0.1) is 10.2 Å². The molecular formula is C8H4BrF2NS. The van der Waals surface area contributed by atoms with E-state index in [1.165, 1.54) is 0 Å². The summed E-state index contributed by atoms with van der Waals surface area (Å²) in [6.45, 7) is 0. The van der Waals surface area contributed by atoms with Crippen molar-refractivity contribution in [2.45, 2.75) is 4.83 Å². The van der Waals surface area contributed by atoms with Crippen molar-refractivity contribution >= 4 is 37.5 Å². The number of benzene rings is 1. The molecule has 0 aliphatic carbocycles. The van der Waals surface area contributed by atoms with Crippen LogP contribution in [0.5, 0.6) is 0 Å². The van der Waals surface area contributed by atoms with E-state index in [4.69, 9.17) is 0 Å². The van der Waals surface area contributed by atoms with Crippen molar-refractivity contribution in [1.82, 2.24) is 4.98 Å². The van der Waals surface area contributed by atoms with Gasteiger partial charge in [-0.25, -0.2) is 4.98 Å². The van der Waals surface area contributed by atoms with E-state index in [2.05, 4.69) is 20.9 Å². The Labute approximate surface area is 85.5 Å². The second kappa shape index (κ2) is 2.99. The number of halogens is 3. The molecule has 0 amide bonds. The molecule has 0 aliphatic heterocycles.